The lowest BCUT2D eigenvalue weighted by atomic mass is 9.75. The van der Waals surface area contributed by atoms with Crippen molar-refractivity contribution in [3.63, 3.8) is 0 Å². The van der Waals surface area contributed by atoms with E-state index >= 15 is 0 Å². The van der Waals surface area contributed by atoms with Gasteiger partial charge in [-0.1, -0.05) is 0 Å². The number of benzene rings is 1. The number of nitrogens with zero attached hydrogens (tertiary/aromatic N) is 1. The molecule has 18 heavy (non-hydrogen) atoms. The molecule has 1 spiro atoms. The van der Waals surface area contributed by atoms with Crippen molar-refractivity contribution >= 4 is 5.69 Å². The van der Waals surface area contributed by atoms with Crippen LogP contribution in [0.5, 0.6) is 11.5 Å². The molecular formula is C14H18N2O2. The summed E-state index contributed by atoms with van der Waals surface area (Å²) < 4.78 is 10.8. The van der Waals surface area contributed by atoms with E-state index in [0.29, 0.717) is 12.2 Å². The van der Waals surface area contributed by atoms with Gasteiger partial charge in [0.1, 0.15) is 0 Å². The van der Waals surface area contributed by atoms with Gasteiger partial charge in [-0.25, -0.2) is 0 Å². The molecule has 0 bridgehead atoms. The molecule has 0 aromatic heterocycles. The van der Waals surface area contributed by atoms with Gasteiger partial charge in [0.05, 0.1) is 0 Å². The maximum absolute atomic E-state index is 5.46. The number of fused-ring (bicyclic) bond motifs is 1. The minimum absolute atomic E-state index is 0.354. The van der Waals surface area contributed by atoms with Crippen molar-refractivity contribution in [3.8, 4) is 11.5 Å². The van der Waals surface area contributed by atoms with Gasteiger partial charge in [0, 0.05) is 43.3 Å². The molecule has 1 aromatic rings. The maximum atomic E-state index is 5.46. The van der Waals surface area contributed by atoms with Crippen LogP contribution < -0.4 is 19.7 Å². The molecule has 3 aliphatic rings. The molecule has 4 heteroatoms. The third kappa shape index (κ3) is 1.56. The van der Waals surface area contributed by atoms with Gasteiger partial charge in [-0.2, -0.15) is 0 Å². The van der Waals surface area contributed by atoms with Crippen LogP contribution in [0.4, 0.5) is 5.69 Å². The average molecular weight is 246 g/mol. The van der Waals surface area contributed by atoms with Crippen LogP contribution in [0.3, 0.4) is 0 Å². The molecular weight excluding hydrogens is 228 g/mol. The van der Waals surface area contributed by atoms with E-state index in [9.17, 15) is 0 Å². The van der Waals surface area contributed by atoms with Gasteiger partial charge < -0.3 is 19.7 Å². The van der Waals surface area contributed by atoms with E-state index in [1.165, 1.54) is 38.2 Å². The SMILES string of the molecule is c1cc2c(cc1N1CCCC3(CNC3)C1)OCO2. The van der Waals surface area contributed by atoms with Crippen LogP contribution in [0.1, 0.15) is 12.8 Å². The van der Waals surface area contributed by atoms with Crippen LogP contribution in [0.2, 0.25) is 0 Å². The Morgan fingerprint density at radius 2 is 2.06 bits per heavy atom. The van der Waals surface area contributed by atoms with Crippen molar-refractivity contribution in [1.82, 2.24) is 5.32 Å². The Hall–Kier alpha value is -1.42. The number of hydrogen-bond donors (Lipinski definition) is 1. The van der Waals surface area contributed by atoms with Gasteiger partial charge in [-0.3, -0.25) is 0 Å². The standard InChI is InChI=1S/C14H18N2O2/c1-4-14(7-15-8-14)9-16(5-1)11-2-3-12-13(6-11)18-10-17-12/h2-3,6,15H,1,4-5,7-10H2. The highest BCUT2D eigenvalue weighted by molar-refractivity contribution is 5.57. The van der Waals surface area contributed by atoms with E-state index in [-0.39, 0.29) is 0 Å². The van der Waals surface area contributed by atoms with Crippen LogP contribution in [-0.2, 0) is 0 Å². The summed E-state index contributed by atoms with van der Waals surface area (Å²) >= 11 is 0. The zero-order chi connectivity index (χ0) is 12.0. The van der Waals surface area contributed by atoms with E-state index in [1.54, 1.807) is 0 Å². The van der Waals surface area contributed by atoms with E-state index in [0.717, 1.165) is 18.0 Å². The number of nitrogens with one attached hydrogen (secondary N) is 1. The third-order valence-electron chi connectivity index (χ3n) is 4.38. The topological polar surface area (TPSA) is 33.7 Å². The first-order valence-corrected chi connectivity index (χ1v) is 6.70. The van der Waals surface area contributed by atoms with Crippen LogP contribution in [-0.4, -0.2) is 33.0 Å². The summed E-state index contributed by atoms with van der Waals surface area (Å²) in [4.78, 5) is 2.49. The second-order valence-electron chi connectivity index (χ2n) is 5.67. The summed E-state index contributed by atoms with van der Waals surface area (Å²) in [5, 5.41) is 3.41. The fraction of sp³-hybridized carbons (Fsp3) is 0.571. The first-order valence-electron chi connectivity index (χ1n) is 6.70. The summed E-state index contributed by atoms with van der Waals surface area (Å²) in [6, 6.07) is 6.30. The molecule has 3 aliphatic heterocycles. The van der Waals surface area contributed by atoms with Crippen LogP contribution in [0.15, 0.2) is 18.2 Å². The summed E-state index contributed by atoms with van der Waals surface area (Å²) in [5.74, 6) is 1.76. The van der Waals surface area contributed by atoms with Crippen molar-refractivity contribution in [1.29, 1.82) is 0 Å². The first-order chi connectivity index (χ1) is 8.85. The number of rotatable bonds is 1. The fourth-order valence-electron chi connectivity index (χ4n) is 3.28. The average Bonchev–Trinajstić information content (AvgIpc) is 2.84. The van der Waals surface area contributed by atoms with Crippen molar-refractivity contribution in [2.24, 2.45) is 5.41 Å². The largest absolute Gasteiger partial charge is 0.454 e. The second kappa shape index (κ2) is 3.79. The van der Waals surface area contributed by atoms with Crippen LogP contribution in [0.25, 0.3) is 0 Å². The lowest BCUT2D eigenvalue weighted by Crippen LogP contribution is -2.61. The third-order valence-corrected chi connectivity index (χ3v) is 4.38. The lowest BCUT2D eigenvalue weighted by molar-refractivity contribution is 0.138. The number of piperidine rings is 1. The van der Waals surface area contributed by atoms with Gasteiger partial charge in [0.25, 0.3) is 0 Å². The first kappa shape index (κ1) is 10.5. The van der Waals surface area contributed by atoms with Crippen LogP contribution in [0, 0.1) is 5.41 Å². The summed E-state index contributed by atoms with van der Waals surface area (Å²) in [7, 11) is 0. The summed E-state index contributed by atoms with van der Waals surface area (Å²) in [6.45, 7) is 5.02. The molecule has 3 heterocycles. The Balaban J connectivity index is 1.59. The van der Waals surface area contributed by atoms with E-state index in [4.69, 9.17) is 9.47 Å². The molecule has 1 N–H and O–H groups in total. The summed E-state index contributed by atoms with van der Waals surface area (Å²) in [5.41, 5.74) is 1.79. The highest BCUT2D eigenvalue weighted by Crippen LogP contribution is 2.39. The zero-order valence-corrected chi connectivity index (χ0v) is 10.4. The quantitative estimate of drug-likeness (QED) is 0.816. The Kier molecular flexibility index (Phi) is 2.21. The van der Waals surface area contributed by atoms with Crippen molar-refractivity contribution < 1.29 is 9.47 Å². The molecule has 0 unspecified atom stereocenters. The predicted octanol–water partition coefficient (Wildman–Crippen LogP) is 1.61. The number of hydrogen-bond acceptors (Lipinski definition) is 4. The normalized spacial score (nSPS) is 24.1. The molecule has 96 valence electrons. The monoisotopic (exact) mass is 246 g/mol. The zero-order valence-electron chi connectivity index (χ0n) is 10.4. The van der Waals surface area contributed by atoms with Crippen molar-refractivity contribution in [2.45, 2.75) is 12.8 Å². The van der Waals surface area contributed by atoms with Gasteiger partial charge >= 0.3 is 0 Å². The molecule has 0 saturated carbocycles. The highest BCUT2D eigenvalue weighted by Gasteiger charge is 2.40. The Morgan fingerprint density at radius 3 is 2.89 bits per heavy atom. The van der Waals surface area contributed by atoms with Crippen LogP contribution >= 0.6 is 0 Å². The lowest BCUT2D eigenvalue weighted by Gasteiger charge is -2.50. The molecule has 2 saturated heterocycles. The minimum Gasteiger partial charge on any atom is -0.454 e. The molecule has 0 radical (unpaired) electrons. The van der Waals surface area contributed by atoms with Gasteiger partial charge in [-0.15, -0.1) is 0 Å². The smallest absolute Gasteiger partial charge is 0.231 e. The molecule has 4 rings (SSSR count). The Bertz CT molecular complexity index is 471. The number of anilines is 1. The maximum Gasteiger partial charge on any atom is 0.231 e. The highest BCUT2D eigenvalue weighted by atomic mass is 16.7. The second-order valence-corrected chi connectivity index (χ2v) is 5.67. The molecule has 0 atom stereocenters. The number of ether oxygens (including phenoxy) is 2. The van der Waals surface area contributed by atoms with Gasteiger partial charge in [-0.05, 0) is 25.0 Å². The molecule has 4 nitrogen and oxygen atoms in total. The molecule has 1 aromatic carbocycles. The van der Waals surface area contributed by atoms with Gasteiger partial charge in [0.2, 0.25) is 6.79 Å². The minimum atomic E-state index is 0.354. The predicted molar refractivity (Wildman–Crippen MR) is 69.3 cm³/mol. The fourth-order valence-corrected chi connectivity index (χ4v) is 3.28. The van der Waals surface area contributed by atoms with E-state index in [1.807, 2.05) is 6.07 Å². The Labute approximate surface area is 107 Å². The van der Waals surface area contributed by atoms with Gasteiger partial charge in [0.15, 0.2) is 11.5 Å². The molecule has 0 aliphatic carbocycles. The van der Waals surface area contributed by atoms with E-state index < -0.39 is 0 Å². The van der Waals surface area contributed by atoms with Crippen molar-refractivity contribution in [2.75, 3.05) is 37.9 Å². The van der Waals surface area contributed by atoms with E-state index in [2.05, 4.69) is 22.3 Å². The summed E-state index contributed by atoms with van der Waals surface area (Å²) in [6.07, 6.45) is 2.65. The molecule has 0 amide bonds. The van der Waals surface area contributed by atoms with Crippen molar-refractivity contribution in [3.05, 3.63) is 18.2 Å². The Morgan fingerprint density at radius 1 is 1.17 bits per heavy atom. The molecule has 2 fully saturated rings.